The van der Waals surface area contributed by atoms with E-state index in [4.69, 9.17) is 27.1 Å². The Balaban J connectivity index is 2.07. The molecule has 2 aromatic carbocycles. The summed E-state index contributed by atoms with van der Waals surface area (Å²) in [7, 11) is 1.84. The SMILES string of the molecule is CCCOc1cccc(C2(c3ccc(OC(F)F)c(Cl)c3)CN(C)C(N)=N2)c1. The molecular weight excluding hydrogens is 388 g/mol. The van der Waals surface area contributed by atoms with Crippen molar-refractivity contribution in [3.63, 3.8) is 0 Å². The van der Waals surface area contributed by atoms with Crippen LogP contribution >= 0.6 is 11.6 Å². The van der Waals surface area contributed by atoms with Crippen molar-refractivity contribution in [1.82, 2.24) is 4.90 Å². The molecule has 8 heteroatoms. The molecule has 0 amide bonds. The summed E-state index contributed by atoms with van der Waals surface area (Å²) in [6, 6.07) is 12.3. The van der Waals surface area contributed by atoms with E-state index in [1.165, 1.54) is 6.07 Å². The Morgan fingerprint density at radius 3 is 2.61 bits per heavy atom. The lowest BCUT2D eigenvalue weighted by atomic mass is 9.83. The van der Waals surface area contributed by atoms with E-state index < -0.39 is 12.2 Å². The highest BCUT2D eigenvalue weighted by Gasteiger charge is 2.41. The molecule has 0 fully saturated rings. The largest absolute Gasteiger partial charge is 0.494 e. The predicted molar refractivity (Wildman–Crippen MR) is 105 cm³/mol. The third-order valence-electron chi connectivity index (χ3n) is 4.57. The second-order valence-electron chi connectivity index (χ2n) is 6.59. The summed E-state index contributed by atoms with van der Waals surface area (Å²) in [5.41, 5.74) is 6.82. The molecule has 0 bridgehead atoms. The zero-order valence-electron chi connectivity index (χ0n) is 15.7. The smallest absolute Gasteiger partial charge is 0.387 e. The van der Waals surface area contributed by atoms with Gasteiger partial charge in [-0.15, -0.1) is 0 Å². The van der Waals surface area contributed by atoms with Crippen molar-refractivity contribution in [1.29, 1.82) is 0 Å². The van der Waals surface area contributed by atoms with Crippen molar-refractivity contribution < 1.29 is 18.3 Å². The molecule has 0 saturated carbocycles. The van der Waals surface area contributed by atoms with Crippen LogP contribution < -0.4 is 15.2 Å². The number of nitrogens with two attached hydrogens (primary N) is 1. The zero-order valence-corrected chi connectivity index (χ0v) is 16.4. The van der Waals surface area contributed by atoms with E-state index in [-0.39, 0.29) is 10.8 Å². The van der Waals surface area contributed by atoms with Gasteiger partial charge in [0.15, 0.2) is 5.96 Å². The Morgan fingerprint density at radius 1 is 1.25 bits per heavy atom. The van der Waals surface area contributed by atoms with Gasteiger partial charge < -0.3 is 20.1 Å². The number of aliphatic imine (C=N–C) groups is 1. The van der Waals surface area contributed by atoms with E-state index in [1.54, 1.807) is 12.1 Å². The van der Waals surface area contributed by atoms with Gasteiger partial charge in [-0.2, -0.15) is 8.78 Å². The molecule has 28 heavy (non-hydrogen) atoms. The van der Waals surface area contributed by atoms with Crippen molar-refractivity contribution in [3.8, 4) is 11.5 Å². The summed E-state index contributed by atoms with van der Waals surface area (Å²) in [6.07, 6.45) is 0.893. The number of benzene rings is 2. The van der Waals surface area contributed by atoms with Crippen molar-refractivity contribution in [2.45, 2.75) is 25.5 Å². The molecular formula is C20H22ClF2N3O2. The molecule has 1 atom stereocenters. The van der Waals surface area contributed by atoms with Crippen molar-refractivity contribution in [2.75, 3.05) is 20.2 Å². The minimum absolute atomic E-state index is 0.0823. The van der Waals surface area contributed by atoms with Gasteiger partial charge in [0, 0.05) is 7.05 Å². The topological polar surface area (TPSA) is 60.1 Å². The molecule has 5 nitrogen and oxygen atoms in total. The highest BCUT2D eigenvalue weighted by Crippen LogP contribution is 2.41. The maximum Gasteiger partial charge on any atom is 0.387 e. The van der Waals surface area contributed by atoms with Gasteiger partial charge in [-0.05, 0) is 41.8 Å². The first-order chi connectivity index (χ1) is 13.4. The van der Waals surface area contributed by atoms with Gasteiger partial charge in [-0.1, -0.05) is 36.7 Å². The molecule has 0 aromatic heterocycles. The third-order valence-corrected chi connectivity index (χ3v) is 4.87. The number of rotatable bonds is 7. The van der Waals surface area contributed by atoms with Crippen molar-refractivity contribution in [3.05, 3.63) is 58.6 Å². The molecule has 150 valence electrons. The van der Waals surface area contributed by atoms with Crippen LogP contribution in [0.15, 0.2) is 47.5 Å². The fourth-order valence-electron chi connectivity index (χ4n) is 3.23. The van der Waals surface area contributed by atoms with Crippen LogP contribution in [0.3, 0.4) is 0 Å². The summed E-state index contributed by atoms with van der Waals surface area (Å²) in [5.74, 6) is 1.02. The Bertz CT molecular complexity index is 878. The van der Waals surface area contributed by atoms with Crippen LogP contribution in [0.1, 0.15) is 24.5 Å². The number of alkyl halides is 2. The molecule has 1 aliphatic rings. The summed E-state index contributed by atoms with van der Waals surface area (Å²) in [6.45, 7) is 0.165. The maximum atomic E-state index is 12.6. The van der Waals surface area contributed by atoms with E-state index in [9.17, 15) is 8.78 Å². The van der Waals surface area contributed by atoms with E-state index in [0.29, 0.717) is 19.1 Å². The molecule has 0 saturated heterocycles. The third kappa shape index (κ3) is 3.99. The molecule has 2 N–H and O–H groups in total. The first-order valence-electron chi connectivity index (χ1n) is 8.90. The summed E-state index contributed by atoms with van der Waals surface area (Å²) < 4.78 is 35.3. The average molecular weight is 410 g/mol. The molecule has 1 unspecified atom stereocenters. The standard InChI is InChI=1S/C20H22ClF2N3O2/c1-3-9-27-15-6-4-5-13(10-15)20(12-26(2)19(24)25-20)14-7-8-17(16(21)11-14)28-18(22)23/h4-8,10-11,18H,3,9,12H2,1-2H3,(H2,24,25). The number of hydrogen-bond acceptors (Lipinski definition) is 5. The van der Waals surface area contributed by atoms with Gasteiger partial charge in [-0.25, -0.2) is 4.99 Å². The highest BCUT2D eigenvalue weighted by molar-refractivity contribution is 6.32. The fraction of sp³-hybridized carbons (Fsp3) is 0.350. The highest BCUT2D eigenvalue weighted by atomic mass is 35.5. The number of nitrogens with zero attached hydrogens (tertiary/aromatic N) is 2. The summed E-state index contributed by atoms with van der Waals surface area (Å²) in [5, 5.41) is 0.0823. The molecule has 0 aliphatic carbocycles. The number of halogens is 3. The van der Waals surface area contributed by atoms with Crippen LogP contribution in [-0.4, -0.2) is 37.7 Å². The molecule has 1 aliphatic heterocycles. The Morgan fingerprint density at radius 2 is 2.00 bits per heavy atom. The van der Waals surface area contributed by atoms with E-state index in [0.717, 1.165) is 23.3 Å². The molecule has 3 rings (SSSR count). The lowest BCUT2D eigenvalue weighted by Gasteiger charge is -2.29. The van der Waals surface area contributed by atoms with Crippen LogP contribution in [0.5, 0.6) is 11.5 Å². The first kappa shape index (κ1) is 20.2. The van der Waals surface area contributed by atoms with Crippen molar-refractivity contribution >= 4 is 17.6 Å². The molecule has 2 aromatic rings. The maximum absolute atomic E-state index is 12.6. The molecule has 0 spiro atoms. The predicted octanol–water partition coefficient (Wildman–Crippen LogP) is 4.23. The van der Waals surface area contributed by atoms with Gasteiger partial charge in [0.2, 0.25) is 0 Å². The quantitative estimate of drug-likeness (QED) is 0.743. The van der Waals surface area contributed by atoms with E-state index in [1.807, 2.05) is 43.1 Å². The Kier molecular flexibility index (Phi) is 5.93. The minimum atomic E-state index is -2.95. The van der Waals surface area contributed by atoms with Crippen LogP contribution in [0.2, 0.25) is 5.02 Å². The second kappa shape index (κ2) is 8.22. The first-order valence-corrected chi connectivity index (χ1v) is 9.28. The lowest BCUT2D eigenvalue weighted by molar-refractivity contribution is -0.0498. The van der Waals surface area contributed by atoms with Crippen LogP contribution in [0, 0.1) is 0 Å². The monoisotopic (exact) mass is 409 g/mol. The number of ether oxygens (including phenoxy) is 2. The summed E-state index contributed by atoms with van der Waals surface area (Å²) in [4.78, 5) is 6.54. The zero-order chi connectivity index (χ0) is 20.3. The van der Waals surface area contributed by atoms with E-state index >= 15 is 0 Å². The number of likely N-dealkylation sites (N-methyl/N-ethyl adjacent to an activating group) is 1. The van der Waals surface area contributed by atoms with Gasteiger partial charge in [0.1, 0.15) is 17.0 Å². The Hall–Kier alpha value is -2.54. The van der Waals surface area contributed by atoms with Gasteiger partial charge >= 0.3 is 6.61 Å². The summed E-state index contributed by atoms with van der Waals surface area (Å²) >= 11 is 6.20. The average Bonchev–Trinajstić information content (AvgIpc) is 2.97. The fourth-order valence-corrected chi connectivity index (χ4v) is 3.46. The lowest BCUT2D eigenvalue weighted by Crippen LogP contribution is -2.34. The minimum Gasteiger partial charge on any atom is -0.494 e. The van der Waals surface area contributed by atoms with Gasteiger partial charge in [-0.3, -0.25) is 0 Å². The second-order valence-corrected chi connectivity index (χ2v) is 6.99. The van der Waals surface area contributed by atoms with Gasteiger partial charge in [0.05, 0.1) is 18.2 Å². The van der Waals surface area contributed by atoms with Crippen LogP contribution in [0.25, 0.3) is 0 Å². The molecule has 0 radical (unpaired) electrons. The van der Waals surface area contributed by atoms with E-state index in [2.05, 4.69) is 4.74 Å². The molecule has 1 heterocycles. The van der Waals surface area contributed by atoms with Gasteiger partial charge in [0.25, 0.3) is 0 Å². The normalized spacial score (nSPS) is 19.1. The number of hydrogen-bond donors (Lipinski definition) is 1. The number of guanidine groups is 1. The van der Waals surface area contributed by atoms with Crippen LogP contribution in [-0.2, 0) is 5.54 Å². The van der Waals surface area contributed by atoms with Crippen molar-refractivity contribution in [2.24, 2.45) is 10.7 Å². The van der Waals surface area contributed by atoms with Crippen LogP contribution in [0.4, 0.5) is 8.78 Å². The Labute approximate surface area is 167 Å².